The van der Waals surface area contributed by atoms with Crippen LogP contribution in [0, 0.1) is 0 Å². The molecular weight excluding hydrogens is 228 g/mol. The highest BCUT2D eigenvalue weighted by molar-refractivity contribution is 5.98. The molecule has 1 atom stereocenters. The SMILES string of the molecule is NC1CC(=O)N(c2ccccc2-n2ccnc2)C1. The van der Waals surface area contributed by atoms with Crippen molar-refractivity contribution in [1.29, 1.82) is 0 Å². The Balaban J connectivity index is 2.05. The second-order valence-electron chi connectivity index (χ2n) is 4.43. The first-order chi connectivity index (χ1) is 8.75. The Labute approximate surface area is 105 Å². The number of carbonyl (C=O) groups excluding carboxylic acids is 1. The highest BCUT2D eigenvalue weighted by Crippen LogP contribution is 2.27. The molecule has 1 unspecified atom stereocenters. The van der Waals surface area contributed by atoms with E-state index in [0.29, 0.717) is 13.0 Å². The quantitative estimate of drug-likeness (QED) is 0.852. The van der Waals surface area contributed by atoms with Crippen LogP contribution in [-0.4, -0.2) is 28.0 Å². The predicted molar refractivity (Wildman–Crippen MR) is 68.5 cm³/mol. The molecule has 18 heavy (non-hydrogen) atoms. The van der Waals surface area contributed by atoms with Gasteiger partial charge in [-0.25, -0.2) is 4.98 Å². The molecule has 1 aromatic carbocycles. The van der Waals surface area contributed by atoms with Crippen molar-refractivity contribution in [2.45, 2.75) is 12.5 Å². The van der Waals surface area contributed by atoms with Gasteiger partial charge in [0.1, 0.15) is 0 Å². The lowest BCUT2D eigenvalue weighted by Crippen LogP contribution is -2.28. The summed E-state index contributed by atoms with van der Waals surface area (Å²) in [6.07, 6.45) is 5.71. The second-order valence-corrected chi connectivity index (χ2v) is 4.43. The van der Waals surface area contributed by atoms with Gasteiger partial charge >= 0.3 is 0 Å². The minimum absolute atomic E-state index is 0.0756. The Morgan fingerprint density at radius 1 is 1.28 bits per heavy atom. The zero-order valence-electron chi connectivity index (χ0n) is 9.86. The number of aromatic nitrogens is 2. The molecule has 2 aromatic rings. The van der Waals surface area contributed by atoms with Gasteiger partial charge in [0.25, 0.3) is 0 Å². The van der Waals surface area contributed by atoms with Crippen LogP contribution in [0.1, 0.15) is 6.42 Å². The molecule has 1 saturated heterocycles. The van der Waals surface area contributed by atoms with E-state index >= 15 is 0 Å². The molecule has 1 aromatic heterocycles. The number of carbonyl (C=O) groups is 1. The van der Waals surface area contributed by atoms with Gasteiger partial charge in [-0.05, 0) is 12.1 Å². The molecule has 0 spiro atoms. The lowest BCUT2D eigenvalue weighted by Gasteiger charge is -2.20. The second kappa shape index (κ2) is 4.27. The number of rotatable bonds is 2. The van der Waals surface area contributed by atoms with Crippen molar-refractivity contribution < 1.29 is 4.79 Å². The van der Waals surface area contributed by atoms with Gasteiger partial charge < -0.3 is 15.2 Å². The van der Waals surface area contributed by atoms with E-state index in [2.05, 4.69) is 4.98 Å². The van der Waals surface area contributed by atoms with Gasteiger partial charge in [0.15, 0.2) is 0 Å². The average molecular weight is 242 g/mol. The minimum atomic E-state index is -0.0756. The molecule has 1 aliphatic heterocycles. The lowest BCUT2D eigenvalue weighted by atomic mass is 10.2. The monoisotopic (exact) mass is 242 g/mol. The van der Waals surface area contributed by atoms with E-state index in [9.17, 15) is 4.79 Å². The first kappa shape index (κ1) is 11.0. The summed E-state index contributed by atoms with van der Waals surface area (Å²) in [5, 5.41) is 0. The van der Waals surface area contributed by atoms with E-state index in [1.165, 1.54) is 0 Å². The first-order valence-electron chi connectivity index (χ1n) is 5.89. The molecule has 5 heteroatoms. The summed E-state index contributed by atoms with van der Waals surface area (Å²) in [4.78, 5) is 17.7. The standard InChI is InChI=1S/C13H14N4O/c14-10-7-13(18)17(8-10)12-4-2-1-3-11(12)16-6-5-15-9-16/h1-6,9-10H,7-8,14H2. The minimum Gasteiger partial charge on any atom is -0.326 e. The van der Waals surface area contributed by atoms with E-state index in [1.54, 1.807) is 17.4 Å². The summed E-state index contributed by atoms with van der Waals surface area (Å²) in [7, 11) is 0. The molecule has 92 valence electrons. The van der Waals surface area contributed by atoms with Crippen LogP contribution < -0.4 is 10.6 Å². The number of nitrogens with zero attached hydrogens (tertiary/aromatic N) is 3. The zero-order valence-corrected chi connectivity index (χ0v) is 9.86. The van der Waals surface area contributed by atoms with Crippen molar-refractivity contribution >= 4 is 11.6 Å². The number of hydrogen-bond donors (Lipinski definition) is 1. The van der Waals surface area contributed by atoms with Gasteiger partial charge in [0, 0.05) is 31.4 Å². The van der Waals surface area contributed by atoms with Crippen LogP contribution in [0.2, 0.25) is 0 Å². The third-order valence-corrected chi connectivity index (χ3v) is 3.11. The van der Waals surface area contributed by atoms with Crippen LogP contribution in [0.15, 0.2) is 43.0 Å². The highest BCUT2D eigenvalue weighted by atomic mass is 16.2. The van der Waals surface area contributed by atoms with Gasteiger partial charge in [-0.2, -0.15) is 0 Å². The van der Waals surface area contributed by atoms with E-state index in [0.717, 1.165) is 11.4 Å². The molecule has 5 nitrogen and oxygen atoms in total. The number of anilines is 1. The van der Waals surface area contributed by atoms with Gasteiger partial charge in [0.05, 0.1) is 17.7 Å². The van der Waals surface area contributed by atoms with E-state index in [4.69, 9.17) is 5.73 Å². The summed E-state index contributed by atoms with van der Waals surface area (Å²) < 4.78 is 1.90. The number of nitrogens with two attached hydrogens (primary N) is 1. The number of amides is 1. The lowest BCUT2D eigenvalue weighted by molar-refractivity contribution is -0.117. The predicted octanol–water partition coefficient (Wildman–Crippen LogP) is 0.936. The topological polar surface area (TPSA) is 64.2 Å². The Bertz CT molecular complexity index is 564. The Hall–Kier alpha value is -2.14. The van der Waals surface area contributed by atoms with Gasteiger partial charge in [-0.15, -0.1) is 0 Å². The smallest absolute Gasteiger partial charge is 0.228 e. The zero-order chi connectivity index (χ0) is 12.5. The summed E-state index contributed by atoms with van der Waals surface area (Å²) >= 11 is 0. The van der Waals surface area contributed by atoms with E-state index in [1.807, 2.05) is 35.0 Å². The van der Waals surface area contributed by atoms with Crippen LogP contribution >= 0.6 is 0 Å². The van der Waals surface area contributed by atoms with E-state index in [-0.39, 0.29) is 11.9 Å². The molecule has 2 heterocycles. The third-order valence-electron chi connectivity index (χ3n) is 3.11. The summed E-state index contributed by atoms with van der Waals surface area (Å²) in [5.74, 6) is 0.0788. The maximum absolute atomic E-state index is 11.9. The van der Waals surface area contributed by atoms with Crippen LogP contribution in [0.5, 0.6) is 0 Å². The number of para-hydroxylation sites is 2. The molecule has 0 saturated carbocycles. The van der Waals surface area contributed by atoms with Crippen molar-refractivity contribution in [1.82, 2.24) is 9.55 Å². The van der Waals surface area contributed by atoms with Crippen molar-refractivity contribution in [2.75, 3.05) is 11.4 Å². The van der Waals surface area contributed by atoms with E-state index < -0.39 is 0 Å². The van der Waals surface area contributed by atoms with Crippen molar-refractivity contribution in [3.63, 3.8) is 0 Å². The summed E-state index contributed by atoms with van der Waals surface area (Å²) in [6, 6.07) is 7.69. The number of benzene rings is 1. The van der Waals surface area contributed by atoms with Crippen molar-refractivity contribution in [3.8, 4) is 5.69 Å². The maximum Gasteiger partial charge on any atom is 0.228 e. The molecule has 0 aliphatic carbocycles. The first-order valence-corrected chi connectivity index (χ1v) is 5.89. The van der Waals surface area contributed by atoms with Crippen LogP contribution in [0.25, 0.3) is 5.69 Å². The fraction of sp³-hybridized carbons (Fsp3) is 0.231. The Morgan fingerprint density at radius 3 is 2.67 bits per heavy atom. The molecule has 1 amide bonds. The maximum atomic E-state index is 11.9. The van der Waals surface area contributed by atoms with Gasteiger partial charge in [-0.3, -0.25) is 4.79 Å². The van der Waals surface area contributed by atoms with Crippen molar-refractivity contribution in [2.24, 2.45) is 5.73 Å². The highest BCUT2D eigenvalue weighted by Gasteiger charge is 2.29. The third kappa shape index (κ3) is 1.78. The molecule has 1 aliphatic rings. The fourth-order valence-corrected chi connectivity index (χ4v) is 2.28. The normalized spacial score (nSPS) is 19.5. The molecule has 3 rings (SSSR count). The molecule has 2 N–H and O–H groups in total. The molecule has 0 bridgehead atoms. The fourth-order valence-electron chi connectivity index (χ4n) is 2.28. The summed E-state index contributed by atoms with van der Waals surface area (Å²) in [6.45, 7) is 0.574. The number of imidazole rings is 1. The van der Waals surface area contributed by atoms with Crippen LogP contribution in [-0.2, 0) is 4.79 Å². The number of hydrogen-bond acceptors (Lipinski definition) is 3. The van der Waals surface area contributed by atoms with Gasteiger partial charge in [0.2, 0.25) is 5.91 Å². The van der Waals surface area contributed by atoms with Crippen LogP contribution in [0.4, 0.5) is 5.69 Å². The van der Waals surface area contributed by atoms with Crippen molar-refractivity contribution in [3.05, 3.63) is 43.0 Å². The van der Waals surface area contributed by atoms with Crippen LogP contribution in [0.3, 0.4) is 0 Å². The Morgan fingerprint density at radius 2 is 2.06 bits per heavy atom. The summed E-state index contributed by atoms with van der Waals surface area (Å²) in [5.41, 5.74) is 7.66. The van der Waals surface area contributed by atoms with Gasteiger partial charge in [-0.1, -0.05) is 12.1 Å². The molecule has 1 fully saturated rings. The Kier molecular flexibility index (Phi) is 2.60. The largest absolute Gasteiger partial charge is 0.326 e. The average Bonchev–Trinajstić information content (AvgIpc) is 2.99. The molecular formula is C13H14N4O. The molecule has 0 radical (unpaired) electrons.